The van der Waals surface area contributed by atoms with E-state index in [0.29, 0.717) is 40.4 Å². The number of ether oxygens (including phenoxy) is 3. The minimum atomic E-state index is -0.598. The van der Waals surface area contributed by atoms with Gasteiger partial charge in [0.05, 0.1) is 39.4 Å². The molecule has 3 heterocycles. The van der Waals surface area contributed by atoms with Gasteiger partial charge in [0.15, 0.2) is 4.96 Å². The number of rotatable bonds is 10. The lowest BCUT2D eigenvalue weighted by Gasteiger charge is -2.14. The SMILES string of the molecule is COCCOC(=O)Nc1cnc2sc3cc(Oc4ccccc4CNC(=O)Nc4cc(C(C)(C)C)nn4-c4ccc(O)c(Cl)c4)ccc3n12. The van der Waals surface area contributed by atoms with Crippen LogP contribution >= 0.6 is 22.9 Å². The first-order valence-electron chi connectivity index (χ1n) is 15.2. The number of benzene rings is 3. The lowest BCUT2D eigenvalue weighted by Crippen LogP contribution is -2.29. The van der Waals surface area contributed by atoms with Crippen molar-refractivity contribution in [2.24, 2.45) is 0 Å². The molecule has 49 heavy (non-hydrogen) atoms. The Bertz CT molecular complexity index is 2150. The molecule has 0 radical (unpaired) electrons. The van der Waals surface area contributed by atoms with Crippen LogP contribution in [0.4, 0.5) is 21.2 Å². The molecule has 3 aromatic heterocycles. The second-order valence-corrected chi connectivity index (χ2v) is 13.4. The van der Waals surface area contributed by atoms with Crippen LogP contribution in [0.25, 0.3) is 20.9 Å². The van der Waals surface area contributed by atoms with E-state index >= 15 is 0 Å². The molecule has 0 unspecified atom stereocenters. The number of halogens is 1. The van der Waals surface area contributed by atoms with Gasteiger partial charge in [-0.3, -0.25) is 15.0 Å². The number of amides is 3. The first kappa shape index (κ1) is 33.6. The van der Waals surface area contributed by atoms with Gasteiger partial charge in [0, 0.05) is 36.8 Å². The number of anilines is 2. The van der Waals surface area contributed by atoms with Crippen molar-refractivity contribution in [1.29, 1.82) is 0 Å². The van der Waals surface area contributed by atoms with Crippen LogP contribution in [0.5, 0.6) is 17.2 Å². The summed E-state index contributed by atoms with van der Waals surface area (Å²) in [4.78, 5) is 30.5. The fourth-order valence-electron chi connectivity index (χ4n) is 4.88. The molecule has 13 nitrogen and oxygen atoms in total. The first-order chi connectivity index (χ1) is 23.5. The molecule has 0 aliphatic rings. The van der Waals surface area contributed by atoms with Gasteiger partial charge in [-0.15, -0.1) is 0 Å². The average molecular weight is 704 g/mol. The Morgan fingerprint density at radius 3 is 2.59 bits per heavy atom. The summed E-state index contributed by atoms with van der Waals surface area (Å²) in [6, 6.07) is 19.1. The summed E-state index contributed by atoms with van der Waals surface area (Å²) >= 11 is 7.61. The van der Waals surface area contributed by atoms with Crippen LogP contribution in [-0.2, 0) is 21.4 Å². The number of imidazole rings is 1. The van der Waals surface area contributed by atoms with Gasteiger partial charge in [0.1, 0.15) is 35.5 Å². The number of aromatic nitrogens is 4. The van der Waals surface area contributed by atoms with Crippen molar-refractivity contribution in [1.82, 2.24) is 24.5 Å². The second-order valence-electron chi connectivity index (χ2n) is 12.0. The quantitative estimate of drug-likeness (QED) is 0.106. The number of nitrogens with zero attached hydrogens (tertiary/aromatic N) is 4. The highest BCUT2D eigenvalue weighted by atomic mass is 35.5. The highest BCUT2D eigenvalue weighted by Crippen LogP contribution is 2.35. The number of fused-ring (bicyclic) bond motifs is 3. The Labute approximate surface area is 290 Å². The Hall–Kier alpha value is -5.31. The van der Waals surface area contributed by atoms with E-state index in [1.807, 2.05) is 73.7 Å². The molecule has 0 spiro atoms. The third kappa shape index (κ3) is 7.56. The van der Waals surface area contributed by atoms with Gasteiger partial charge in [-0.05, 0) is 36.4 Å². The fourth-order valence-corrected chi connectivity index (χ4v) is 6.09. The molecule has 0 aliphatic carbocycles. The van der Waals surface area contributed by atoms with Crippen molar-refractivity contribution in [2.75, 3.05) is 31.0 Å². The predicted octanol–water partition coefficient (Wildman–Crippen LogP) is 7.70. The molecule has 0 aliphatic heterocycles. The molecular formula is C34H34ClN7O6S. The summed E-state index contributed by atoms with van der Waals surface area (Å²) in [7, 11) is 1.53. The lowest BCUT2D eigenvalue weighted by atomic mass is 9.92. The van der Waals surface area contributed by atoms with Crippen LogP contribution in [0.2, 0.25) is 5.02 Å². The summed E-state index contributed by atoms with van der Waals surface area (Å²) < 4.78 is 20.6. The summed E-state index contributed by atoms with van der Waals surface area (Å²) in [6.45, 7) is 6.69. The molecule has 0 atom stereocenters. The largest absolute Gasteiger partial charge is 0.506 e. The third-order valence-corrected chi connectivity index (χ3v) is 8.71. The number of phenolic OH excluding ortho intramolecular Hbond substituents is 1. The average Bonchev–Trinajstić information content (AvgIpc) is 3.76. The zero-order valence-corrected chi connectivity index (χ0v) is 28.7. The summed E-state index contributed by atoms with van der Waals surface area (Å²) in [6.07, 6.45) is 0.979. The topological polar surface area (TPSA) is 153 Å². The Morgan fingerprint density at radius 2 is 1.82 bits per heavy atom. The van der Waals surface area contributed by atoms with Crippen molar-refractivity contribution in [3.8, 4) is 22.9 Å². The third-order valence-electron chi connectivity index (χ3n) is 7.39. The van der Waals surface area contributed by atoms with E-state index in [9.17, 15) is 14.7 Å². The van der Waals surface area contributed by atoms with Gasteiger partial charge in [-0.2, -0.15) is 5.10 Å². The van der Waals surface area contributed by atoms with Gasteiger partial charge in [-0.25, -0.2) is 19.3 Å². The van der Waals surface area contributed by atoms with Crippen LogP contribution in [0.3, 0.4) is 0 Å². The van der Waals surface area contributed by atoms with Crippen molar-refractivity contribution < 1.29 is 28.9 Å². The number of thiazole rings is 1. The maximum atomic E-state index is 13.2. The molecule has 254 valence electrons. The molecule has 15 heteroatoms. The second kappa shape index (κ2) is 14.0. The Morgan fingerprint density at radius 1 is 1.00 bits per heavy atom. The van der Waals surface area contributed by atoms with Crippen molar-refractivity contribution >= 4 is 61.9 Å². The molecule has 0 saturated carbocycles. The smallest absolute Gasteiger partial charge is 0.412 e. The zero-order valence-electron chi connectivity index (χ0n) is 27.1. The summed E-state index contributed by atoms with van der Waals surface area (Å²) in [5.41, 5.74) is 2.65. The molecule has 3 aromatic carbocycles. The van der Waals surface area contributed by atoms with E-state index in [1.165, 1.54) is 24.5 Å². The lowest BCUT2D eigenvalue weighted by molar-refractivity contribution is 0.107. The van der Waals surface area contributed by atoms with Gasteiger partial charge >= 0.3 is 12.1 Å². The van der Waals surface area contributed by atoms with Gasteiger partial charge in [-0.1, -0.05) is 61.9 Å². The molecule has 0 bridgehead atoms. The van der Waals surface area contributed by atoms with E-state index in [1.54, 1.807) is 23.0 Å². The monoisotopic (exact) mass is 703 g/mol. The van der Waals surface area contributed by atoms with Crippen molar-refractivity contribution in [2.45, 2.75) is 32.7 Å². The molecule has 6 aromatic rings. The van der Waals surface area contributed by atoms with Gasteiger partial charge < -0.3 is 24.6 Å². The molecule has 0 fully saturated rings. The zero-order chi connectivity index (χ0) is 34.7. The number of carbonyl (C=O) groups is 2. The summed E-state index contributed by atoms with van der Waals surface area (Å²) in [5, 5.41) is 23.3. The highest BCUT2D eigenvalue weighted by molar-refractivity contribution is 7.23. The van der Waals surface area contributed by atoms with Gasteiger partial charge in [0.25, 0.3) is 0 Å². The van der Waals surface area contributed by atoms with Crippen LogP contribution in [0, 0.1) is 0 Å². The molecule has 4 N–H and O–H groups in total. The van der Waals surface area contributed by atoms with Crippen molar-refractivity contribution in [3.63, 3.8) is 0 Å². The van der Waals surface area contributed by atoms with Crippen LogP contribution in [-0.4, -0.2) is 56.7 Å². The number of aromatic hydroxyl groups is 1. The first-order valence-corrected chi connectivity index (χ1v) is 16.4. The van der Waals surface area contributed by atoms with Crippen LogP contribution in [0.15, 0.2) is 72.9 Å². The van der Waals surface area contributed by atoms with E-state index in [4.69, 9.17) is 30.9 Å². The van der Waals surface area contributed by atoms with Gasteiger partial charge in [0.2, 0.25) is 0 Å². The molecule has 6 rings (SSSR count). The number of urea groups is 1. The van der Waals surface area contributed by atoms with E-state index in [2.05, 4.69) is 20.9 Å². The number of carbonyl (C=O) groups excluding carboxylic acids is 2. The maximum Gasteiger partial charge on any atom is 0.412 e. The molecule has 3 amide bonds. The maximum absolute atomic E-state index is 13.2. The fraction of sp³-hybridized carbons (Fsp3) is 0.235. The Kier molecular flexibility index (Phi) is 9.62. The minimum absolute atomic E-state index is 0.0491. The number of para-hydroxylation sites is 1. The molecular weight excluding hydrogens is 670 g/mol. The van der Waals surface area contributed by atoms with E-state index in [0.717, 1.165) is 21.5 Å². The predicted molar refractivity (Wildman–Crippen MR) is 189 cm³/mol. The number of hydrogen-bond donors (Lipinski definition) is 4. The number of nitrogens with one attached hydrogen (secondary N) is 3. The van der Waals surface area contributed by atoms with E-state index < -0.39 is 12.1 Å². The summed E-state index contributed by atoms with van der Waals surface area (Å²) in [5.74, 6) is 2.03. The number of hydrogen-bond acceptors (Lipinski definition) is 9. The number of phenols is 1. The van der Waals surface area contributed by atoms with E-state index in [-0.39, 0.29) is 29.3 Å². The van der Waals surface area contributed by atoms with Crippen molar-refractivity contribution in [3.05, 3.63) is 89.2 Å². The number of methoxy groups -OCH3 is 1. The van der Waals surface area contributed by atoms with Crippen LogP contribution in [0.1, 0.15) is 32.0 Å². The standard InChI is InChI=1S/C34H34ClN7O6S/c1-34(2,3)28-17-29(42(40-28)21-9-12-25(43)23(35)15-21)38-31(44)36-18-20-7-5-6-8-26(20)48-22-10-11-24-27(16-22)49-32-37-19-30(41(24)32)39-33(45)47-14-13-46-4/h5-12,15-17,19,43H,13-14,18H2,1-4H3,(H,39,45)(H2,36,38,44). The highest BCUT2D eigenvalue weighted by Gasteiger charge is 2.22. The van der Waals surface area contributed by atoms with Crippen LogP contribution < -0.4 is 20.7 Å². The normalized spacial score (nSPS) is 11.5. The molecule has 0 saturated heterocycles. The Balaban J connectivity index is 1.15. The minimum Gasteiger partial charge on any atom is -0.506 e.